The highest BCUT2D eigenvalue weighted by atomic mass is 19.1. The summed E-state index contributed by atoms with van der Waals surface area (Å²) in [6.07, 6.45) is 1.38. The van der Waals surface area contributed by atoms with Crippen LogP contribution >= 0.6 is 0 Å². The number of fused-ring (bicyclic) bond motifs is 1. The number of nitrogens with zero attached hydrogens (tertiary/aromatic N) is 2. The number of halogens is 1. The minimum atomic E-state index is -0.574. The molecule has 2 N–H and O–H groups in total. The van der Waals surface area contributed by atoms with E-state index in [-0.39, 0.29) is 23.0 Å². The van der Waals surface area contributed by atoms with Crippen molar-refractivity contribution in [2.24, 2.45) is 0 Å². The number of benzene rings is 2. The monoisotopic (exact) mass is 405 g/mol. The third kappa shape index (κ3) is 3.97. The van der Waals surface area contributed by atoms with Crippen molar-refractivity contribution in [1.29, 1.82) is 0 Å². The number of rotatable bonds is 5. The Morgan fingerprint density at radius 2 is 1.87 bits per heavy atom. The number of carbonyl (C=O) groups is 1. The molecule has 2 aromatic carbocycles. The smallest absolute Gasteiger partial charge is 0.278 e. The Balaban J connectivity index is 1.54. The van der Waals surface area contributed by atoms with E-state index in [0.717, 1.165) is 5.39 Å². The molecule has 0 unspecified atom stereocenters. The lowest BCUT2D eigenvalue weighted by atomic mass is 10.2. The fourth-order valence-electron chi connectivity index (χ4n) is 2.82. The number of hydrogen-bond acceptors (Lipinski definition) is 6. The molecule has 2 heterocycles. The molecule has 0 aliphatic rings. The van der Waals surface area contributed by atoms with E-state index in [1.807, 2.05) is 0 Å². The topological polar surface area (TPSA) is 93.6 Å². The summed E-state index contributed by atoms with van der Waals surface area (Å²) in [5, 5.41) is 13.5. The van der Waals surface area contributed by atoms with Gasteiger partial charge in [0, 0.05) is 29.4 Å². The molecule has 0 atom stereocenters. The Labute approximate surface area is 170 Å². The predicted molar refractivity (Wildman–Crippen MR) is 109 cm³/mol. The Morgan fingerprint density at radius 3 is 2.63 bits per heavy atom. The lowest BCUT2D eigenvalue weighted by Gasteiger charge is -2.10. The second-order valence-electron chi connectivity index (χ2n) is 6.28. The number of carbonyl (C=O) groups excluding carboxylic acids is 1. The fourth-order valence-corrected chi connectivity index (χ4v) is 2.82. The summed E-state index contributed by atoms with van der Waals surface area (Å²) < 4.78 is 23.6. The largest absolute Gasteiger partial charge is 0.503 e. The van der Waals surface area contributed by atoms with Crippen LogP contribution in [0.25, 0.3) is 10.9 Å². The number of ether oxygens (including phenoxy) is 2. The van der Waals surface area contributed by atoms with E-state index in [1.54, 1.807) is 30.3 Å². The van der Waals surface area contributed by atoms with Crippen molar-refractivity contribution in [2.45, 2.75) is 0 Å². The van der Waals surface area contributed by atoms with E-state index < -0.39 is 5.91 Å². The average Bonchev–Trinajstić information content (AvgIpc) is 2.75. The lowest BCUT2D eigenvalue weighted by Crippen LogP contribution is -2.14. The summed E-state index contributed by atoms with van der Waals surface area (Å²) in [5.74, 6) is -0.265. The summed E-state index contributed by atoms with van der Waals surface area (Å²) in [6.45, 7) is 0. The van der Waals surface area contributed by atoms with Crippen LogP contribution in [0.3, 0.4) is 0 Å². The molecule has 0 bridgehead atoms. The van der Waals surface area contributed by atoms with Gasteiger partial charge in [-0.05, 0) is 48.5 Å². The van der Waals surface area contributed by atoms with E-state index in [4.69, 9.17) is 9.47 Å². The normalized spacial score (nSPS) is 10.6. The van der Waals surface area contributed by atoms with Gasteiger partial charge in [-0.25, -0.2) is 14.4 Å². The van der Waals surface area contributed by atoms with Crippen LogP contribution in [-0.4, -0.2) is 28.1 Å². The predicted octanol–water partition coefficient (Wildman–Crippen LogP) is 4.53. The third-order valence-electron chi connectivity index (χ3n) is 4.28. The first-order valence-corrected chi connectivity index (χ1v) is 8.91. The molecule has 2 aromatic heterocycles. The Kier molecular flexibility index (Phi) is 5.13. The van der Waals surface area contributed by atoms with Gasteiger partial charge in [-0.3, -0.25) is 4.79 Å². The first kappa shape index (κ1) is 19.1. The molecule has 1 amide bonds. The zero-order valence-corrected chi connectivity index (χ0v) is 15.8. The van der Waals surface area contributed by atoms with Gasteiger partial charge < -0.3 is 19.9 Å². The van der Waals surface area contributed by atoms with Gasteiger partial charge in [-0.2, -0.15) is 0 Å². The number of aromatic nitrogens is 2. The van der Waals surface area contributed by atoms with Gasteiger partial charge in [-0.1, -0.05) is 0 Å². The van der Waals surface area contributed by atoms with Gasteiger partial charge in [-0.15, -0.1) is 0 Å². The molecular formula is C22H16FN3O4. The minimum absolute atomic E-state index is 0.143. The lowest BCUT2D eigenvalue weighted by molar-refractivity contribution is 0.101. The number of nitrogens with one attached hydrogen (secondary N) is 1. The minimum Gasteiger partial charge on any atom is -0.503 e. The first-order valence-electron chi connectivity index (χ1n) is 8.91. The van der Waals surface area contributed by atoms with Crippen molar-refractivity contribution < 1.29 is 23.8 Å². The van der Waals surface area contributed by atoms with Crippen LogP contribution in [-0.2, 0) is 0 Å². The molecule has 8 heteroatoms. The molecule has 7 nitrogen and oxygen atoms in total. The zero-order chi connectivity index (χ0) is 21.1. The van der Waals surface area contributed by atoms with E-state index >= 15 is 0 Å². The summed E-state index contributed by atoms with van der Waals surface area (Å²) in [5.41, 5.74) is 1.01. The van der Waals surface area contributed by atoms with Crippen LogP contribution in [0, 0.1) is 5.82 Å². The molecule has 0 fully saturated rings. The van der Waals surface area contributed by atoms with Gasteiger partial charge in [0.25, 0.3) is 5.91 Å². The maximum atomic E-state index is 13.0. The molecule has 0 saturated carbocycles. The number of amides is 1. The van der Waals surface area contributed by atoms with E-state index in [0.29, 0.717) is 22.8 Å². The quantitative estimate of drug-likeness (QED) is 0.507. The van der Waals surface area contributed by atoms with Crippen LogP contribution in [0.1, 0.15) is 10.5 Å². The van der Waals surface area contributed by atoms with Crippen LogP contribution < -0.4 is 14.8 Å². The highest BCUT2D eigenvalue weighted by molar-refractivity contribution is 6.05. The average molecular weight is 405 g/mol. The summed E-state index contributed by atoms with van der Waals surface area (Å²) in [4.78, 5) is 20.8. The third-order valence-corrected chi connectivity index (χ3v) is 4.28. The standard InChI is InChI=1S/C22H16FN3O4/c1-29-18-10-11-24-20(21(18)27)22(28)25-15-5-8-17-13(12-15)2-9-19(26-17)30-16-6-3-14(23)4-7-16/h2-12,27H,1H3,(H,25,28). The molecule has 4 rings (SSSR count). The molecule has 0 aliphatic carbocycles. The van der Waals surface area contributed by atoms with E-state index in [9.17, 15) is 14.3 Å². The number of pyridine rings is 2. The van der Waals surface area contributed by atoms with E-state index in [2.05, 4.69) is 15.3 Å². The zero-order valence-electron chi connectivity index (χ0n) is 15.8. The molecule has 30 heavy (non-hydrogen) atoms. The van der Waals surface area contributed by atoms with E-state index in [1.165, 1.54) is 43.6 Å². The Hall–Kier alpha value is -4.20. The van der Waals surface area contributed by atoms with Crippen LogP contribution in [0.5, 0.6) is 23.1 Å². The van der Waals surface area contributed by atoms with Crippen LogP contribution in [0.15, 0.2) is 66.9 Å². The van der Waals surface area contributed by atoms with Gasteiger partial charge in [0.05, 0.1) is 12.6 Å². The molecule has 0 radical (unpaired) electrons. The van der Waals surface area contributed by atoms with Crippen molar-refractivity contribution in [2.75, 3.05) is 12.4 Å². The number of anilines is 1. The van der Waals surface area contributed by atoms with Gasteiger partial charge >= 0.3 is 0 Å². The number of aromatic hydroxyl groups is 1. The number of methoxy groups -OCH3 is 1. The van der Waals surface area contributed by atoms with Crippen LogP contribution in [0.2, 0.25) is 0 Å². The highest BCUT2D eigenvalue weighted by Crippen LogP contribution is 2.29. The van der Waals surface area contributed by atoms with Crippen LogP contribution in [0.4, 0.5) is 10.1 Å². The molecule has 0 spiro atoms. The van der Waals surface area contributed by atoms with Crippen molar-refractivity contribution >= 4 is 22.5 Å². The second-order valence-corrected chi connectivity index (χ2v) is 6.28. The molecular weight excluding hydrogens is 389 g/mol. The fraction of sp³-hybridized carbons (Fsp3) is 0.0455. The van der Waals surface area contributed by atoms with Crippen molar-refractivity contribution in [3.63, 3.8) is 0 Å². The van der Waals surface area contributed by atoms with Gasteiger partial charge in [0.2, 0.25) is 5.88 Å². The molecule has 0 aliphatic heterocycles. The van der Waals surface area contributed by atoms with Crippen molar-refractivity contribution in [3.8, 4) is 23.1 Å². The SMILES string of the molecule is COc1ccnc(C(=O)Nc2ccc3nc(Oc4ccc(F)cc4)ccc3c2)c1O. The Bertz CT molecular complexity index is 1230. The maximum absolute atomic E-state index is 13.0. The van der Waals surface area contributed by atoms with Gasteiger partial charge in [0.15, 0.2) is 17.2 Å². The number of hydrogen-bond donors (Lipinski definition) is 2. The maximum Gasteiger partial charge on any atom is 0.278 e. The first-order chi connectivity index (χ1) is 14.5. The Morgan fingerprint density at radius 1 is 1.07 bits per heavy atom. The molecule has 150 valence electrons. The van der Waals surface area contributed by atoms with Crippen molar-refractivity contribution in [1.82, 2.24) is 9.97 Å². The molecule has 0 saturated heterocycles. The highest BCUT2D eigenvalue weighted by Gasteiger charge is 2.17. The summed E-state index contributed by atoms with van der Waals surface area (Å²) >= 11 is 0. The molecule has 4 aromatic rings. The summed E-state index contributed by atoms with van der Waals surface area (Å²) in [7, 11) is 1.39. The second kappa shape index (κ2) is 8.04. The summed E-state index contributed by atoms with van der Waals surface area (Å²) in [6, 6.07) is 15.7. The van der Waals surface area contributed by atoms with Crippen molar-refractivity contribution in [3.05, 3.63) is 78.4 Å². The van der Waals surface area contributed by atoms with Gasteiger partial charge in [0.1, 0.15) is 11.6 Å².